The van der Waals surface area contributed by atoms with E-state index in [4.69, 9.17) is 0 Å². The van der Waals surface area contributed by atoms with Gasteiger partial charge in [-0.3, -0.25) is 9.78 Å². The Hall–Kier alpha value is -1.90. The lowest BCUT2D eigenvalue weighted by atomic mass is 10.3. The van der Waals surface area contributed by atoms with Crippen molar-refractivity contribution in [1.82, 2.24) is 10.3 Å². The molecule has 0 bridgehead atoms. The maximum Gasteiger partial charge on any atom is 0.243 e. The number of aromatic nitrogens is 1. The molecule has 0 fully saturated rings. The molecular weight excluding hydrogens is 176 g/mol. The Labute approximate surface area is 84.2 Å². The Kier molecular flexibility index (Phi) is 6.68. The van der Waals surface area contributed by atoms with Crippen LogP contribution in [0, 0.1) is 0 Å². The molecular formula is C11H14N2O. The average Bonchev–Trinajstić information content (AvgIpc) is 2.30. The first-order chi connectivity index (χ1) is 6.83. The number of hydrogen-bond donors (Lipinski definition) is 1. The van der Waals surface area contributed by atoms with E-state index in [2.05, 4.69) is 30.0 Å². The summed E-state index contributed by atoms with van der Waals surface area (Å²) < 4.78 is 0. The van der Waals surface area contributed by atoms with Crippen molar-refractivity contribution in [3.63, 3.8) is 0 Å². The highest BCUT2D eigenvalue weighted by Crippen LogP contribution is 1.93. The maximum absolute atomic E-state index is 10.7. The second kappa shape index (κ2) is 7.73. The predicted octanol–water partition coefficient (Wildman–Crippen LogP) is 1.69. The molecule has 1 amide bonds. The molecule has 14 heavy (non-hydrogen) atoms. The average molecular weight is 190 g/mol. The molecule has 0 aliphatic rings. The number of nitrogens with one attached hydrogen (secondary N) is 1. The van der Waals surface area contributed by atoms with Crippen molar-refractivity contribution >= 4 is 5.91 Å². The molecule has 1 rings (SSSR count). The van der Waals surface area contributed by atoms with Crippen molar-refractivity contribution in [2.24, 2.45) is 0 Å². The summed E-state index contributed by atoms with van der Waals surface area (Å²) in [6.07, 6.45) is 4.65. The fraction of sp³-hybridized carbons (Fsp3) is 0.0909. The van der Waals surface area contributed by atoms with E-state index in [9.17, 15) is 4.79 Å². The van der Waals surface area contributed by atoms with Crippen LogP contribution in [0.4, 0.5) is 0 Å². The second-order valence-electron chi connectivity index (χ2n) is 2.28. The number of rotatable bonds is 3. The molecule has 0 aliphatic heterocycles. The highest BCUT2D eigenvalue weighted by Gasteiger charge is 1.93. The molecule has 0 aliphatic carbocycles. The first kappa shape index (κ1) is 12.1. The van der Waals surface area contributed by atoms with Crippen LogP contribution in [0.3, 0.4) is 0 Å². The topological polar surface area (TPSA) is 42.0 Å². The summed E-state index contributed by atoms with van der Waals surface area (Å²) in [5.74, 6) is -0.168. The molecule has 1 aromatic heterocycles. The fourth-order valence-electron chi connectivity index (χ4n) is 0.764. The van der Waals surface area contributed by atoms with Gasteiger partial charge in [0.1, 0.15) is 0 Å². The Morgan fingerprint density at radius 3 is 2.79 bits per heavy atom. The molecule has 3 heteroatoms. The molecule has 0 aromatic carbocycles. The van der Waals surface area contributed by atoms with E-state index < -0.39 is 0 Å². The van der Waals surface area contributed by atoms with E-state index in [0.29, 0.717) is 6.54 Å². The SMILES string of the molecule is C=C.C=CC(=O)NCc1cccnc1. The number of carbonyl (C=O) groups excluding carboxylic acids is 1. The van der Waals surface area contributed by atoms with Crippen molar-refractivity contribution in [3.8, 4) is 0 Å². The fourth-order valence-corrected chi connectivity index (χ4v) is 0.764. The molecule has 0 saturated carbocycles. The standard InChI is InChI=1S/C9H10N2O.C2H4/c1-2-9(12)11-7-8-4-3-5-10-6-8;1-2/h2-6H,1,7H2,(H,11,12);1-2H2. The van der Waals surface area contributed by atoms with E-state index in [1.54, 1.807) is 12.4 Å². The highest BCUT2D eigenvalue weighted by molar-refractivity contribution is 5.86. The normalized spacial score (nSPS) is 8.00. The lowest BCUT2D eigenvalue weighted by Gasteiger charge is -2.00. The quantitative estimate of drug-likeness (QED) is 0.582. The Bertz CT molecular complexity index is 283. The van der Waals surface area contributed by atoms with Crippen LogP contribution in [0.25, 0.3) is 0 Å². The minimum absolute atomic E-state index is 0.168. The first-order valence-corrected chi connectivity index (χ1v) is 4.12. The van der Waals surface area contributed by atoms with Crippen LogP contribution in [-0.4, -0.2) is 10.9 Å². The van der Waals surface area contributed by atoms with Gasteiger partial charge in [0.2, 0.25) is 5.91 Å². The number of hydrogen-bond acceptors (Lipinski definition) is 2. The summed E-state index contributed by atoms with van der Waals surface area (Å²) in [6.45, 7) is 9.84. The highest BCUT2D eigenvalue weighted by atomic mass is 16.1. The van der Waals surface area contributed by atoms with Crippen LogP contribution in [0.15, 0.2) is 50.3 Å². The van der Waals surface area contributed by atoms with Crippen molar-refractivity contribution in [3.05, 3.63) is 55.9 Å². The van der Waals surface area contributed by atoms with Crippen LogP contribution in [0.5, 0.6) is 0 Å². The number of amides is 1. The van der Waals surface area contributed by atoms with Crippen LogP contribution in [-0.2, 0) is 11.3 Å². The maximum atomic E-state index is 10.7. The third-order valence-electron chi connectivity index (χ3n) is 1.37. The largest absolute Gasteiger partial charge is 0.348 e. The van der Waals surface area contributed by atoms with Crippen LogP contribution in [0.2, 0.25) is 0 Å². The van der Waals surface area contributed by atoms with Crippen LogP contribution < -0.4 is 5.32 Å². The van der Waals surface area contributed by atoms with Gasteiger partial charge in [-0.2, -0.15) is 0 Å². The van der Waals surface area contributed by atoms with Crippen LogP contribution in [0.1, 0.15) is 5.56 Å². The molecule has 1 N–H and O–H groups in total. The molecule has 0 saturated heterocycles. The smallest absolute Gasteiger partial charge is 0.243 e. The van der Waals surface area contributed by atoms with E-state index in [1.807, 2.05) is 12.1 Å². The van der Waals surface area contributed by atoms with E-state index >= 15 is 0 Å². The molecule has 0 spiro atoms. The third-order valence-corrected chi connectivity index (χ3v) is 1.37. The van der Waals surface area contributed by atoms with E-state index in [1.165, 1.54) is 6.08 Å². The molecule has 74 valence electrons. The molecule has 0 atom stereocenters. The van der Waals surface area contributed by atoms with Gasteiger partial charge >= 0.3 is 0 Å². The van der Waals surface area contributed by atoms with E-state index in [0.717, 1.165) is 5.56 Å². The molecule has 1 heterocycles. The minimum Gasteiger partial charge on any atom is -0.348 e. The van der Waals surface area contributed by atoms with Crippen molar-refractivity contribution in [2.75, 3.05) is 0 Å². The summed E-state index contributed by atoms with van der Waals surface area (Å²) in [6, 6.07) is 3.73. The van der Waals surface area contributed by atoms with Gasteiger partial charge in [-0.1, -0.05) is 12.6 Å². The Morgan fingerprint density at radius 1 is 1.57 bits per heavy atom. The number of nitrogens with zero attached hydrogens (tertiary/aromatic N) is 1. The van der Waals surface area contributed by atoms with Gasteiger partial charge in [0.15, 0.2) is 0 Å². The summed E-state index contributed by atoms with van der Waals surface area (Å²) in [7, 11) is 0. The number of pyridine rings is 1. The van der Waals surface area contributed by atoms with Gasteiger partial charge in [0.05, 0.1) is 0 Å². The van der Waals surface area contributed by atoms with E-state index in [-0.39, 0.29) is 5.91 Å². The summed E-state index contributed by atoms with van der Waals surface area (Å²) in [5, 5.41) is 2.65. The van der Waals surface area contributed by atoms with Crippen LogP contribution >= 0.6 is 0 Å². The minimum atomic E-state index is -0.168. The molecule has 0 radical (unpaired) electrons. The lowest BCUT2D eigenvalue weighted by molar-refractivity contribution is -0.116. The monoisotopic (exact) mass is 190 g/mol. The van der Waals surface area contributed by atoms with Crippen molar-refractivity contribution in [2.45, 2.75) is 6.54 Å². The van der Waals surface area contributed by atoms with Gasteiger partial charge in [-0.25, -0.2) is 0 Å². The molecule has 1 aromatic rings. The second-order valence-corrected chi connectivity index (χ2v) is 2.28. The van der Waals surface area contributed by atoms with Crippen molar-refractivity contribution < 1.29 is 4.79 Å². The Morgan fingerprint density at radius 2 is 2.29 bits per heavy atom. The Balaban J connectivity index is 0.000000791. The zero-order chi connectivity index (χ0) is 10.8. The van der Waals surface area contributed by atoms with Gasteiger partial charge in [0.25, 0.3) is 0 Å². The number of carbonyl (C=O) groups is 1. The van der Waals surface area contributed by atoms with Gasteiger partial charge in [-0.15, -0.1) is 13.2 Å². The zero-order valence-corrected chi connectivity index (χ0v) is 8.07. The van der Waals surface area contributed by atoms with Gasteiger partial charge < -0.3 is 5.32 Å². The summed E-state index contributed by atoms with van der Waals surface area (Å²) >= 11 is 0. The summed E-state index contributed by atoms with van der Waals surface area (Å²) in [4.78, 5) is 14.6. The first-order valence-electron chi connectivity index (χ1n) is 4.12. The summed E-state index contributed by atoms with van der Waals surface area (Å²) in [5.41, 5.74) is 0.979. The van der Waals surface area contributed by atoms with Gasteiger partial charge in [0, 0.05) is 18.9 Å². The van der Waals surface area contributed by atoms with Gasteiger partial charge in [-0.05, 0) is 17.7 Å². The third kappa shape index (κ3) is 4.87. The van der Waals surface area contributed by atoms with Crippen molar-refractivity contribution in [1.29, 1.82) is 0 Å². The molecule has 0 unspecified atom stereocenters. The predicted molar refractivity (Wildman–Crippen MR) is 57.5 cm³/mol. The lowest BCUT2D eigenvalue weighted by Crippen LogP contribution is -2.19. The molecule has 3 nitrogen and oxygen atoms in total. The zero-order valence-electron chi connectivity index (χ0n) is 8.07.